The van der Waals surface area contributed by atoms with Gasteiger partial charge in [-0.05, 0) is 53.6 Å². The summed E-state index contributed by atoms with van der Waals surface area (Å²) in [5, 5.41) is 11.8. The number of pyridine rings is 3. The molecule has 0 fully saturated rings. The third-order valence-corrected chi connectivity index (χ3v) is 5.33. The minimum absolute atomic E-state index is 0.500. The highest BCUT2D eigenvalue weighted by molar-refractivity contribution is 5.84. The van der Waals surface area contributed by atoms with Gasteiger partial charge in [0.15, 0.2) is 5.65 Å². The van der Waals surface area contributed by atoms with Crippen LogP contribution in [0.1, 0.15) is 11.3 Å². The first-order valence-corrected chi connectivity index (χ1v) is 10.1. The first-order valence-electron chi connectivity index (χ1n) is 10.1. The highest BCUT2D eigenvalue weighted by atomic mass is 15.4. The van der Waals surface area contributed by atoms with Crippen LogP contribution in [0.3, 0.4) is 0 Å². The van der Waals surface area contributed by atoms with E-state index in [-0.39, 0.29) is 0 Å². The molecule has 0 radical (unpaired) electrons. The monoisotopic (exact) mass is 416 g/mol. The molecule has 0 saturated carbocycles. The Hall–Kier alpha value is -4.59. The van der Waals surface area contributed by atoms with E-state index >= 15 is 0 Å². The van der Waals surface area contributed by atoms with Crippen LogP contribution in [0.2, 0.25) is 0 Å². The molecule has 0 aliphatic rings. The minimum atomic E-state index is 0.500. The fraction of sp³-hybridized carbons (Fsp3) is 0.0417. The molecule has 0 atom stereocenters. The Morgan fingerprint density at radius 2 is 1.53 bits per heavy atom. The molecule has 0 saturated heterocycles. The second-order valence-corrected chi connectivity index (χ2v) is 7.40. The number of benzene rings is 1. The number of rotatable bonds is 4. The van der Waals surface area contributed by atoms with Gasteiger partial charge >= 0.3 is 0 Å². The zero-order chi connectivity index (χ0) is 21.3. The summed E-state index contributed by atoms with van der Waals surface area (Å²) < 4.78 is 0. The van der Waals surface area contributed by atoms with E-state index in [1.807, 2.05) is 36.5 Å². The molecule has 0 aliphatic carbocycles. The number of aromatic nitrogens is 8. The average Bonchev–Trinajstić information content (AvgIpc) is 3.32. The van der Waals surface area contributed by atoms with Crippen molar-refractivity contribution in [3.8, 4) is 22.4 Å². The molecule has 6 rings (SSSR count). The molecular weight excluding hydrogens is 400 g/mol. The third kappa shape index (κ3) is 3.33. The molecule has 8 heteroatoms. The summed E-state index contributed by atoms with van der Waals surface area (Å²) in [4.78, 5) is 22.3. The molecule has 0 aliphatic heterocycles. The van der Waals surface area contributed by atoms with Crippen molar-refractivity contribution in [1.29, 1.82) is 0 Å². The van der Waals surface area contributed by atoms with Crippen molar-refractivity contribution in [2.75, 3.05) is 0 Å². The van der Waals surface area contributed by atoms with Gasteiger partial charge in [-0.1, -0.05) is 11.3 Å². The Labute approximate surface area is 182 Å². The Morgan fingerprint density at radius 3 is 2.34 bits per heavy atom. The van der Waals surface area contributed by atoms with E-state index in [0.29, 0.717) is 17.7 Å². The number of H-pyrrole nitrogens is 1. The molecule has 0 bridgehead atoms. The minimum Gasteiger partial charge on any atom is -0.265 e. The van der Waals surface area contributed by atoms with Gasteiger partial charge in [0.25, 0.3) is 0 Å². The number of nitrogens with one attached hydrogen (secondary N) is 1. The van der Waals surface area contributed by atoms with E-state index in [0.717, 1.165) is 44.5 Å². The first-order chi connectivity index (χ1) is 15.8. The van der Waals surface area contributed by atoms with Crippen LogP contribution in [0, 0.1) is 0 Å². The Kier molecular flexibility index (Phi) is 4.31. The predicted octanol–water partition coefficient (Wildman–Crippen LogP) is 4.01. The lowest BCUT2D eigenvalue weighted by atomic mass is 10.0. The van der Waals surface area contributed by atoms with Crippen LogP contribution >= 0.6 is 0 Å². The fourth-order valence-corrected chi connectivity index (χ4v) is 3.78. The number of hydrogen-bond donors (Lipinski definition) is 1. The van der Waals surface area contributed by atoms with Gasteiger partial charge in [0.05, 0.1) is 16.9 Å². The molecule has 5 heterocycles. The second-order valence-electron chi connectivity index (χ2n) is 7.40. The van der Waals surface area contributed by atoms with Crippen molar-refractivity contribution >= 4 is 22.2 Å². The Morgan fingerprint density at radius 1 is 0.750 bits per heavy atom. The molecule has 1 N–H and O–H groups in total. The molecule has 152 valence electrons. The number of hydrogen-bond acceptors (Lipinski definition) is 7. The lowest BCUT2D eigenvalue weighted by Gasteiger charge is -2.09. The molecule has 1 aromatic carbocycles. The Balaban J connectivity index is 1.43. The van der Waals surface area contributed by atoms with Crippen molar-refractivity contribution in [3.63, 3.8) is 0 Å². The van der Waals surface area contributed by atoms with Gasteiger partial charge in [0, 0.05) is 53.9 Å². The third-order valence-electron chi connectivity index (χ3n) is 5.33. The van der Waals surface area contributed by atoms with Gasteiger partial charge in [0.1, 0.15) is 0 Å². The van der Waals surface area contributed by atoms with E-state index in [4.69, 9.17) is 9.97 Å². The maximum atomic E-state index is 4.74. The van der Waals surface area contributed by atoms with E-state index in [2.05, 4.69) is 48.6 Å². The summed E-state index contributed by atoms with van der Waals surface area (Å²) in [6, 6.07) is 16.2. The summed E-state index contributed by atoms with van der Waals surface area (Å²) in [5.74, 6) is 0. The lowest BCUT2D eigenvalue weighted by Crippen LogP contribution is -2.00. The van der Waals surface area contributed by atoms with Gasteiger partial charge < -0.3 is 0 Å². The van der Waals surface area contributed by atoms with Crippen LogP contribution in [-0.2, 0) is 6.42 Å². The summed E-state index contributed by atoms with van der Waals surface area (Å²) in [7, 11) is 0. The fourth-order valence-electron chi connectivity index (χ4n) is 3.78. The van der Waals surface area contributed by atoms with Crippen LogP contribution in [0.5, 0.6) is 0 Å². The maximum absolute atomic E-state index is 4.74. The van der Waals surface area contributed by atoms with Crippen molar-refractivity contribution in [3.05, 3.63) is 90.8 Å². The van der Waals surface area contributed by atoms with Gasteiger partial charge in [-0.25, -0.2) is 15.1 Å². The first kappa shape index (κ1) is 18.2. The summed E-state index contributed by atoms with van der Waals surface area (Å²) in [5.41, 5.74) is 7.81. The smallest absolute Gasteiger partial charge is 0.221 e. The number of aromatic amines is 1. The maximum Gasteiger partial charge on any atom is 0.221 e. The molecule has 8 nitrogen and oxygen atoms in total. The van der Waals surface area contributed by atoms with Gasteiger partial charge in [-0.3, -0.25) is 15.0 Å². The van der Waals surface area contributed by atoms with Gasteiger partial charge in [-0.15, -0.1) is 5.10 Å². The molecule has 0 unspecified atom stereocenters. The SMILES string of the molecule is c1cc(-c2cnc3ccc(Cc4nc5nn[nH]c5nc4-c4ccncc4)cc3c2)ccn1. The van der Waals surface area contributed by atoms with Crippen LogP contribution < -0.4 is 0 Å². The molecule has 32 heavy (non-hydrogen) atoms. The molecular formula is C24H16N8. The summed E-state index contributed by atoms with van der Waals surface area (Å²) in [6.07, 6.45) is 9.56. The topological polar surface area (TPSA) is 106 Å². The molecule has 5 aromatic heterocycles. The number of nitrogens with zero attached hydrogens (tertiary/aromatic N) is 7. The largest absolute Gasteiger partial charge is 0.265 e. The van der Waals surface area contributed by atoms with Gasteiger partial charge in [0.2, 0.25) is 5.65 Å². The van der Waals surface area contributed by atoms with Crippen LogP contribution in [0.15, 0.2) is 79.5 Å². The van der Waals surface area contributed by atoms with Crippen LogP contribution in [0.4, 0.5) is 0 Å². The van der Waals surface area contributed by atoms with E-state index in [1.54, 1.807) is 24.8 Å². The summed E-state index contributed by atoms with van der Waals surface area (Å²) in [6.45, 7) is 0. The quantitative estimate of drug-likeness (QED) is 0.463. The van der Waals surface area contributed by atoms with Crippen molar-refractivity contribution < 1.29 is 0 Å². The van der Waals surface area contributed by atoms with Crippen LogP contribution in [-0.4, -0.2) is 40.3 Å². The van der Waals surface area contributed by atoms with E-state index in [9.17, 15) is 0 Å². The van der Waals surface area contributed by atoms with E-state index in [1.165, 1.54) is 0 Å². The summed E-state index contributed by atoms with van der Waals surface area (Å²) >= 11 is 0. The average molecular weight is 416 g/mol. The normalized spacial score (nSPS) is 11.2. The van der Waals surface area contributed by atoms with Crippen LogP contribution in [0.25, 0.3) is 44.6 Å². The highest BCUT2D eigenvalue weighted by Gasteiger charge is 2.14. The van der Waals surface area contributed by atoms with Crippen molar-refractivity contribution in [1.82, 2.24) is 40.3 Å². The van der Waals surface area contributed by atoms with Gasteiger partial charge in [-0.2, -0.15) is 0 Å². The standard InChI is InChI=1S/C24H16N8/c1-2-20-18(13-19(14-27-20)16-3-7-25-8-4-16)11-15(1)12-21-22(17-5-9-26-10-6-17)29-24-23(28-21)30-32-31-24/h1-11,13-14H,12H2,(H,28,29,30,31,32). The van der Waals surface area contributed by atoms with Crippen molar-refractivity contribution in [2.24, 2.45) is 0 Å². The highest BCUT2D eigenvalue weighted by Crippen LogP contribution is 2.26. The zero-order valence-corrected chi connectivity index (χ0v) is 16.8. The molecule has 0 spiro atoms. The number of fused-ring (bicyclic) bond motifs is 2. The zero-order valence-electron chi connectivity index (χ0n) is 16.8. The van der Waals surface area contributed by atoms with E-state index < -0.39 is 0 Å². The Bertz CT molecular complexity index is 1540. The molecule has 0 amide bonds. The second kappa shape index (κ2) is 7.59. The van der Waals surface area contributed by atoms with Crippen molar-refractivity contribution in [2.45, 2.75) is 6.42 Å². The lowest BCUT2D eigenvalue weighted by molar-refractivity contribution is 0.950. The molecule has 6 aromatic rings. The predicted molar refractivity (Wildman–Crippen MR) is 120 cm³/mol.